The molecule has 0 saturated carbocycles. The fraction of sp³-hybridized carbons (Fsp3) is 0.600. The molecule has 1 aromatic rings. The number of rotatable bonds is 3. The predicted molar refractivity (Wildman–Crippen MR) is 74.2 cm³/mol. The van der Waals surface area contributed by atoms with E-state index in [0.29, 0.717) is 0 Å². The lowest BCUT2D eigenvalue weighted by molar-refractivity contribution is 0.392. The smallest absolute Gasteiger partial charge is 0.146 e. The molecule has 18 heavy (non-hydrogen) atoms. The quantitative estimate of drug-likeness (QED) is 0.890. The molecular formula is C15H23FN2. The van der Waals surface area contributed by atoms with Gasteiger partial charge in [0.2, 0.25) is 0 Å². The summed E-state index contributed by atoms with van der Waals surface area (Å²) in [6, 6.07) is 5.28. The summed E-state index contributed by atoms with van der Waals surface area (Å²) in [6.07, 6.45) is 3.58. The van der Waals surface area contributed by atoms with Gasteiger partial charge in [0.15, 0.2) is 0 Å². The van der Waals surface area contributed by atoms with E-state index >= 15 is 0 Å². The second-order valence-electron chi connectivity index (χ2n) is 5.34. The molecule has 1 atom stereocenters. The Bertz CT molecular complexity index is 395. The van der Waals surface area contributed by atoms with Crippen LogP contribution in [0.15, 0.2) is 18.2 Å². The summed E-state index contributed by atoms with van der Waals surface area (Å²) in [6.45, 7) is 6.04. The van der Waals surface area contributed by atoms with Crippen LogP contribution in [0.4, 0.5) is 10.1 Å². The molecule has 3 heteroatoms. The van der Waals surface area contributed by atoms with Crippen molar-refractivity contribution in [1.29, 1.82) is 0 Å². The van der Waals surface area contributed by atoms with Gasteiger partial charge in [0.05, 0.1) is 5.69 Å². The van der Waals surface area contributed by atoms with Gasteiger partial charge in [-0.3, -0.25) is 0 Å². The van der Waals surface area contributed by atoms with Gasteiger partial charge in [-0.1, -0.05) is 19.4 Å². The summed E-state index contributed by atoms with van der Waals surface area (Å²) in [5.74, 6) is 0.674. The first-order valence-electron chi connectivity index (χ1n) is 6.91. The maximum atomic E-state index is 14.1. The van der Waals surface area contributed by atoms with Crippen LogP contribution in [0.1, 0.15) is 44.7 Å². The molecule has 0 unspecified atom stereocenters. The standard InChI is InChI=1S/C15H23FN2/c1-3-12-6-8-18(9-7-12)15-5-4-13(11(2)17)10-14(15)16/h4-5,10-12H,3,6-9,17H2,1-2H3/t11-/m1/s1. The number of nitrogens with zero attached hydrogens (tertiary/aromatic N) is 1. The van der Waals surface area contributed by atoms with Crippen molar-refractivity contribution in [3.63, 3.8) is 0 Å². The van der Waals surface area contributed by atoms with Crippen LogP contribution < -0.4 is 10.6 Å². The lowest BCUT2D eigenvalue weighted by atomic mass is 9.94. The van der Waals surface area contributed by atoms with Gasteiger partial charge in [0.25, 0.3) is 0 Å². The molecule has 1 heterocycles. The molecule has 0 aromatic heterocycles. The minimum atomic E-state index is -0.139. The number of anilines is 1. The molecule has 2 nitrogen and oxygen atoms in total. The number of halogens is 1. The van der Waals surface area contributed by atoms with Gasteiger partial charge in [-0.25, -0.2) is 4.39 Å². The fourth-order valence-electron chi connectivity index (χ4n) is 2.64. The van der Waals surface area contributed by atoms with Gasteiger partial charge in [-0.05, 0) is 43.4 Å². The highest BCUT2D eigenvalue weighted by atomic mass is 19.1. The molecule has 1 aromatic carbocycles. The SMILES string of the molecule is CCC1CCN(c2ccc([C@@H](C)N)cc2F)CC1. The van der Waals surface area contributed by atoms with Crippen LogP contribution in [0.2, 0.25) is 0 Å². The van der Waals surface area contributed by atoms with Crippen molar-refractivity contribution in [1.82, 2.24) is 0 Å². The van der Waals surface area contributed by atoms with E-state index in [-0.39, 0.29) is 11.9 Å². The van der Waals surface area contributed by atoms with E-state index < -0.39 is 0 Å². The Hall–Kier alpha value is -1.09. The molecule has 1 fully saturated rings. The maximum absolute atomic E-state index is 14.1. The molecule has 2 N–H and O–H groups in total. The topological polar surface area (TPSA) is 29.3 Å². The van der Waals surface area contributed by atoms with E-state index in [4.69, 9.17) is 5.73 Å². The first-order chi connectivity index (χ1) is 8.61. The summed E-state index contributed by atoms with van der Waals surface area (Å²) < 4.78 is 14.1. The number of benzene rings is 1. The Morgan fingerprint density at radius 2 is 2.06 bits per heavy atom. The van der Waals surface area contributed by atoms with E-state index in [9.17, 15) is 4.39 Å². The van der Waals surface area contributed by atoms with Crippen molar-refractivity contribution in [2.24, 2.45) is 11.7 Å². The van der Waals surface area contributed by atoms with Crippen LogP contribution in [0.3, 0.4) is 0 Å². The van der Waals surface area contributed by atoms with Crippen LogP contribution in [0.5, 0.6) is 0 Å². The second-order valence-corrected chi connectivity index (χ2v) is 5.34. The van der Waals surface area contributed by atoms with Crippen LogP contribution in [0.25, 0.3) is 0 Å². The summed E-state index contributed by atoms with van der Waals surface area (Å²) in [4.78, 5) is 2.16. The zero-order valence-electron chi connectivity index (χ0n) is 11.3. The highest BCUT2D eigenvalue weighted by Crippen LogP contribution is 2.28. The Kier molecular flexibility index (Phi) is 4.23. The van der Waals surface area contributed by atoms with Gasteiger partial charge in [0, 0.05) is 19.1 Å². The Labute approximate surface area is 109 Å². The second kappa shape index (κ2) is 5.70. The Morgan fingerprint density at radius 3 is 2.56 bits per heavy atom. The summed E-state index contributed by atoms with van der Waals surface area (Å²) in [5, 5.41) is 0. The van der Waals surface area contributed by atoms with Crippen molar-refractivity contribution in [2.75, 3.05) is 18.0 Å². The average Bonchev–Trinajstić information content (AvgIpc) is 2.38. The Morgan fingerprint density at radius 1 is 1.39 bits per heavy atom. The molecule has 1 aliphatic rings. The third-order valence-electron chi connectivity index (χ3n) is 4.03. The number of hydrogen-bond donors (Lipinski definition) is 1. The minimum Gasteiger partial charge on any atom is -0.369 e. The van der Waals surface area contributed by atoms with Crippen LogP contribution in [-0.4, -0.2) is 13.1 Å². The lowest BCUT2D eigenvalue weighted by Crippen LogP contribution is -2.34. The van der Waals surface area contributed by atoms with Crippen LogP contribution in [0, 0.1) is 11.7 Å². The van der Waals surface area contributed by atoms with E-state index in [1.807, 2.05) is 19.1 Å². The van der Waals surface area contributed by atoms with Crippen molar-refractivity contribution in [3.05, 3.63) is 29.6 Å². The molecule has 0 aliphatic carbocycles. The van der Waals surface area contributed by atoms with Crippen molar-refractivity contribution in [2.45, 2.75) is 39.2 Å². The number of nitrogens with two attached hydrogens (primary N) is 1. The number of piperidine rings is 1. The molecule has 0 amide bonds. The third kappa shape index (κ3) is 2.83. The zero-order chi connectivity index (χ0) is 13.1. The molecular weight excluding hydrogens is 227 g/mol. The third-order valence-corrected chi connectivity index (χ3v) is 4.03. The zero-order valence-corrected chi connectivity index (χ0v) is 11.3. The summed E-state index contributed by atoms with van der Waals surface area (Å²) >= 11 is 0. The highest BCUT2D eigenvalue weighted by Gasteiger charge is 2.20. The Balaban J connectivity index is 2.10. The van der Waals surface area contributed by atoms with Gasteiger partial charge in [0.1, 0.15) is 5.82 Å². The first kappa shape index (κ1) is 13.3. The van der Waals surface area contributed by atoms with Crippen LogP contribution in [-0.2, 0) is 0 Å². The van der Waals surface area contributed by atoms with Crippen LogP contribution >= 0.6 is 0 Å². The van der Waals surface area contributed by atoms with E-state index in [2.05, 4.69) is 11.8 Å². The van der Waals surface area contributed by atoms with E-state index in [0.717, 1.165) is 30.3 Å². The molecule has 1 aliphatic heterocycles. The molecule has 0 bridgehead atoms. The van der Waals surface area contributed by atoms with Gasteiger partial charge >= 0.3 is 0 Å². The molecule has 0 spiro atoms. The number of hydrogen-bond acceptors (Lipinski definition) is 2. The normalized spacial score (nSPS) is 19.0. The van der Waals surface area contributed by atoms with E-state index in [1.165, 1.54) is 19.3 Å². The molecule has 1 saturated heterocycles. The minimum absolute atomic E-state index is 0.112. The summed E-state index contributed by atoms with van der Waals surface area (Å²) in [5.41, 5.74) is 7.36. The van der Waals surface area contributed by atoms with Gasteiger partial charge in [-0.2, -0.15) is 0 Å². The molecule has 2 rings (SSSR count). The predicted octanol–water partition coefficient (Wildman–Crippen LogP) is 3.47. The fourth-order valence-corrected chi connectivity index (χ4v) is 2.64. The van der Waals surface area contributed by atoms with Gasteiger partial charge in [-0.15, -0.1) is 0 Å². The monoisotopic (exact) mass is 250 g/mol. The maximum Gasteiger partial charge on any atom is 0.146 e. The van der Waals surface area contributed by atoms with E-state index in [1.54, 1.807) is 6.07 Å². The van der Waals surface area contributed by atoms with Gasteiger partial charge < -0.3 is 10.6 Å². The highest BCUT2D eigenvalue weighted by molar-refractivity contribution is 5.49. The summed E-state index contributed by atoms with van der Waals surface area (Å²) in [7, 11) is 0. The molecule has 100 valence electrons. The van der Waals surface area contributed by atoms with Crippen molar-refractivity contribution < 1.29 is 4.39 Å². The molecule has 0 radical (unpaired) electrons. The first-order valence-corrected chi connectivity index (χ1v) is 6.91. The van der Waals surface area contributed by atoms with Crippen molar-refractivity contribution >= 4 is 5.69 Å². The lowest BCUT2D eigenvalue weighted by Gasteiger charge is -2.33. The average molecular weight is 250 g/mol. The largest absolute Gasteiger partial charge is 0.369 e. The van der Waals surface area contributed by atoms with Crippen molar-refractivity contribution in [3.8, 4) is 0 Å².